The first-order chi connectivity index (χ1) is 9.86. The minimum atomic E-state index is -0.671. The molecule has 0 aliphatic heterocycles. The topological polar surface area (TPSA) is 61.8 Å². The zero-order valence-corrected chi connectivity index (χ0v) is 14.0. The summed E-state index contributed by atoms with van der Waals surface area (Å²) in [4.78, 5) is 13.9. The summed E-state index contributed by atoms with van der Waals surface area (Å²) >= 11 is 0. The van der Waals surface area contributed by atoms with Crippen molar-refractivity contribution in [3.8, 4) is 0 Å². The number of esters is 1. The molecule has 5 heteroatoms. The Bertz CT molecular complexity index is 313. The van der Waals surface area contributed by atoms with Gasteiger partial charge in [-0.2, -0.15) is 0 Å². The molecule has 0 spiro atoms. The standard InChI is InChI=1S/C16H32N2O3/c1-5-21-15(19)14-6-9-16(20,10-7-14)12-17-13(2)8-11-18(3)4/h13-14,17,20H,5-12H2,1-4H3. The van der Waals surface area contributed by atoms with Crippen molar-refractivity contribution < 1.29 is 14.6 Å². The fourth-order valence-corrected chi connectivity index (χ4v) is 2.75. The lowest BCUT2D eigenvalue weighted by molar-refractivity contribution is -0.151. The van der Waals surface area contributed by atoms with E-state index in [0.29, 0.717) is 32.0 Å². The van der Waals surface area contributed by atoms with Crippen molar-refractivity contribution in [1.29, 1.82) is 0 Å². The van der Waals surface area contributed by atoms with E-state index >= 15 is 0 Å². The van der Waals surface area contributed by atoms with Gasteiger partial charge in [-0.25, -0.2) is 0 Å². The monoisotopic (exact) mass is 300 g/mol. The highest BCUT2D eigenvalue weighted by atomic mass is 16.5. The maximum atomic E-state index is 11.7. The van der Waals surface area contributed by atoms with Crippen LogP contribution >= 0.6 is 0 Å². The number of ether oxygens (including phenoxy) is 1. The van der Waals surface area contributed by atoms with Gasteiger partial charge in [-0.3, -0.25) is 4.79 Å². The predicted octanol–water partition coefficient (Wildman–Crippen LogP) is 1.40. The Morgan fingerprint density at radius 1 is 1.43 bits per heavy atom. The Kier molecular flexibility index (Phi) is 7.63. The smallest absolute Gasteiger partial charge is 0.308 e. The van der Waals surface area contributed by atoms with Crippen LogP contribution in [-0.4, -0.2) is 61.4 Å². The molecular formula is C16H32N2O3. The lowest BCUT2D eigenvalue weighted by Gasteiger charge is -2.36. The molecule has 0 aromatic carbocycles. The van der Waals surface area contributed by atoms with Gasteiger partial charge in [0.1, 0.15) is 0 Å². The molecule has 5 nitrogen and oxygen atoms in total. The molecule has 0 aromatic rings. The van der Waals surface area contributed by atoms with E-state index in [-0.39, 0.29) is 11.9 Å². The molecular weight excluding hydrogens is 268 g/mol. The molecule has 1 fully saturated rings. The fraction of sp³-hybridized carbons (Fsp3) is 0.938. The largest absolute Gasteiger partial charge is 0.466 e. The highest BCUT2D eigenvalue weighted by molar-refractivity contribution is 5.72. The number of nitrogens with one attached hydrogen (secondary N) is 1. The number of carbonyl (C=O) groups is 1. The number of hydrogen-bond donors (Lipinski definition) is 2. The maximum absolute atomic E-state index is 11.7. The molecule has 1 unspecified atom stereocenters. The number of carbonyl (C=O) groups excluding carboxylic acids is 1. The van der Waals surface area contributed by atoms with Crippen LogP contribution in [0.4, 0.5) is 0 Å². The SMILES string of the molecule is CCOC(=O)C1CCC(O)(CNC(C)CCN(C)C)CC1. The van der Waals surface area contributed by atoms with Crippen molar-refractivity contribution in [2.24, 2.45) is 5.92 Å². The van der Waals surface area contributed by atoms with Crippen molar-refractivity contribution in [2.45, 2.75) is 57.6 Å². The molecule has 21 heavy (non-hydrogen) atoms. The summed E-state index contributed by atoms with van der Waals surface area (Å²) < 4.78 is 5.06. The van der Waals surface area contributed by atoms with Gasteiger partial charge in [0.05, 0.1) is 18.1 Å². The highest BCUT2D eigenvalue weighted by Gasteiger charge is 2.36. The van der Waals surface area contributed by atoms with Crippen LogP contribution in [0.15, 0.2) is 0 Å². The highest BCUT2D eigenvalue weighted by Crippen LogP contribution is 2.32. The Morgan fingerprint density at radius 3 is 2.57 bits per heavy atom. The molecule has 2 N–H and O–H groups in total. The zero-order chi connectivity index (χ0) is 15.9. The summed E-state index contributed by atoms with van der Waals surface area (Å²) in [6.45, 7) is 6.06. The van der Waals surface area contributed by atoms with Crippen LogP contribution in [0.5, 0.6) is 0 Å². The molecule has 1 saturated carbocycles. The summed E-state index contributed by atoms with van der Waals surface area (Å²) in [6, 6.07) is 0.388. The Hall–Kier alpha value is -0.650. The summed E-state index contributed by atoms with van der Waals surface area (Å²) in [7, 11) is 4.13. The molecule has 0 amide bonds. The molecule has 0 saturated heterocycles. The van der Waals surface area contributed by atoms with Crippen molar-refractivity contribution in [1.82, 2.24) is 10.2 Å². The van der Waals surface area contributed by atoms with E-state index in [0.717, 1.165) is 25.8 Å². The lowest BCUT2D eigenvalue weighted by Crippen LogP contribution is -2.47. The van der Waals surface area contributed by atoms with Crippen LogP contribution < -0.4 is 5.32 Å². The summed E-state index contributed by atoms with van der Waals surface area (Å²) in [5.41, 5.74) is -0.671. The normalized spacial score (nSPS) is 27.6. The van der Waals surface area contributed by atoms with E-state index in [4.69, 9.17) is 4.74 Å². The Balaban J connectivity index is 2.29. The zero-order valence-electron chi connectivity index (χ0n) is 14.0. The third-order valence-corrected chi connectivity index (χ3v) is 4.33. The van der Waals surface area contributed by atoms with Crippen molar-refractivity contribution in [3.05, 3.63) is 0 Å². The summed E-state index contributed by atoms with van der Waals surface area (Å²) in [5.74, 6) is -0.136. The van der Waals surface area contributed by atoms with E-state index in [9.17, 15) is 9.90 Å². The molecule has 0 radical (unpaired) electrons. The van der Waals surface area contributed by atoms with Gasteiger partial charge in [0.25, 0.3) is 0 Å². The second-order valence-corrected chi connectivity index (χ2v) is 6.62. The van der Waals surface area contributed by atoms with Crippen molar-refractivity contribution >= 4 is 5.97 Å². The van der Waals surface area contributed by atoms with Gasteiger partial charge in [-0.15, -0.1) is 0 Å². The molecule has 124 valence electrons. The van der Waals surface area contributed by atoms with Crippen LogP contribution in [0.1, 0.15) is 46.0 Å². The number of rotatable bonds is 8. The Morgan fingerprint density at radius 2 is 2.05 bits per heavy atom. The minimum absolute atomic E-state index is 0.0311. The van der Waals surface area contributed by atoms with E-state index in [1.165, 1.54) is 0 Å². The molecule has 1 aliphatic rings. The molecule has 1 aliphatic carbocycles. The van der Waals surface area contributed by atoms with Gasteiger partial charge in [-0.05, 0) is 66.6 Å². The van der Waals surface area contributed by atoms with E-state index in [1.54, 1.807) is 0 Å². The average Bonchev–Trinajstić information content (AvgIpc) is 2.44. The lowest BCUT2D eigenvalue weighted by atomic mass is 9.78. The first-order valence-corrected chi connectivity index (χ1v) is 8.13. The fourth-order valence-electron chi connectivity index (χ4n) is 2.75. The van der Waals surface area contributed by atoms with Gasteiger partial charge in [0.2, 0.25) is 0 Å². The maximum Gasteiger partial charge on any atom is 0.308 e. The Labute approximate surface area is 129 Å². The molecule has 1 atom stereocenters. The second-order valence-electron chi connectivity index (χ2n) is 6.62. The first-order valence-electron chi connectivity index (χ1n) is 8.13. The third-order valence-electron chi connectivity index (χ3n) is 4.33. The van der Waals surface area contributed by atoms with Crippen LogP contribution in [0.25, 0.3) is 0 Å². The average molecular weight is 300 g/mol. The molecule has 0 heterocycles. The molecule has 0 aromatic heterocycles. The van der Waals surface area contributed by atoms with Gasteiger partial charge < -0.3 is 20.1 Å². The molecule has 1 rings (SSSR count). The van der Waals surface area contributed by atoms with Gasteiger partial charge in [0.15, 0.2) is 0 Å². The van der Waals surface area contributed by atoms with E-state index < -0.39 is 5.60 Å². The van der Waals surface area contributed by atoms with Crippen LogP contribution in [0, 0.1) is 5.92 Å². The third kappa shape index (κ3) is 6.76. The number of nitrogens with zero attached hydrogens (tertiary/aromatic N) is 1. The molecule has 0 bridgehead atoms. The van der Waals surface area contributed by atoms with Crippen molar-refractivity contribution in [3.63, 3.8) is 0 Å². The first kappa shape index (κ1) is 18.4. The van der Waals surface area contributed by atoms with Gasteiger partial charge in [0, 0.05) is 12.6 Å². The van der Waals surface area contributed by atoms with Crippen LogP contribution in [0.3, 0.4) is 0 Å². The van der Waals surface area contributed by atoms with E-state index in [1.807, 2.05) is 6.92 Å². The van der Waals surface area contributed by atoms with Crippen LogP contribution in [0.2, 0.25) is 0 Å². The number of hydrogen-bond acceptors (Lipinski definition) is 5. The second kappa shape index (κ2) is 8.71. The predicted molar refractivity (Wildman–Crippen MR) is 84.2 cm³/mol. The van der Waals surface area contributed by atoms with Crippen LogP contribution in [-0.2, 0) is 9.53 Å². The van der Waals surface area contributed by atoms with Gasteiger partial charge in [-0.1, -0.05) is 0 Å². The minimum Gasteiger partial charge on any atom is -0.466 e. The van der Waals surface area contributed by atoms with Gasteiger partial charge >= 0.3 is 5.97 Å². The van der Waals surface area contributed by atoms with E-state index in [2.05, 4.69) is 31.2 Å². The summed E-state index contributed by atoms with van der Waals surface area (Å²) in [6.07, 6.45) is 3.86. The quantitative estimate of drug-likeness (QED) is 0.664. The summed E-state index contributed by atoms with van der Waals surface area (Å²) in [5, 5.41) is 14.0. The van der Waals surface area contributed by atoms with Crippen molar-refractivity contribution in [2.75, 3.05) is 33.8 Å². The number of aliphatic hydroxyl groups is 1.